The van der Waals surface area contributed by atoms with Gasteiger partial charge in [0.25, 0.3) is 0 Å². The number of hydrogen-bond acceptors (Lipinski definition) is 18. The maximum atomic E-state index is 10.7. The summed E-state index contributed by atoms with van der Waals surface area (Å²) in [6, 6.07) is 0. The van der Waals surface area contributed by atoms with Gasteiger partial charge in [0.05, 0.1) is 19.8 Å². The minimum absolute atomic E-state index is 0.790. The summed E-state index contributed by atoms with van der Waals surface area (Å²) in [4.78, 5) is 0. The van der Waals surface area contributed by atoms with Crippen molar-refractivity contribution in [3.05, 3.63) is 0 Å². The lowest BCUT2D eigenvalue weighted by Crippen LogP contribution is -2.66. The van der Waals surface area contributed by atoms with Gasteiger partial charge in [0.1, 0.15) is 85.5 Å². The fourth-order valence-electron chi connectivity index (χ4n) is 4.41. The van der Waals surface area contributed by atoms with Crippen molar-refractivity contribution < 1.29 is 90.1 Å². The first kappa shape index (κ1) is 31.8. The van der Waals surface area contributed by atoms with Gasteiger partial charge in [-0.3, -0.25) is 0 Å². The summed E-state index contributed by atoms with van der Waals surface area (Å²) in [5, 5.41) is 130. The molecule has 0 radical (unpaired) electrons. The van der Waals surface area contributed by atoms with Gasteiger partial charge in [0.2, 0.25) is 0 Å². The molecule has 13 unspecified atom stereocenters. The Morgan fingerprint density at radius 3 is 1.76 bits per heavy atom. The molecular weight excluding hydrogens is 528 g/mol. The largest absolute Gasteiger partial charge is 0.394 e. The Hall–Kier alpha value is -0.720. The van der Waals surface area contributed by atoms with Gasteiger partial charge < -0.3 is 90.1 Å². The van der Waals surface area contributed by atoms with Crippen LogP contribution in [0.5, 0.6) is 0 Å². The highest BCUT2D eigenvalue weighted by Gasteiger charge is 2.52. The molecule has 0 spiro atoms. The average Bonchev–Trinajstić information content (AvgIpc) is 2.90. The van der Waals surface area contributed by atoms with Crippen molar-refractivity contribution in [2.75, 3.05) is 19.8 Å². The third-order valence-electron chi connectivity index (χ3n) is 6.72. The van der Waals surface area contributed by atoms with E-state index in [2.05, 4.69) is 0 Å². The Balaban J connectivity index is 1.66. The molecule has 3 saturated heterocycles. The highest BCUT2D eigenvalue weighted by molar-refractivity contribution is 4.96. The summed E-state index contributed by atoms with van der Waals surface area (Å²) in [5.41, 5.74) is 0. The van der Waals surface area contributed by atoms with Gasteiger partial charge in [0.15, 0.2) is 18.9 Å². The van der Waals surface area contributed by atoms with Crippen molar-refractivity contribution >= 4 is 0 Å². The third-order valence-corrected chi connectivity index (χ3v) is 6.72. The zero-order valence-electron chi connectivity index (χ0n) is 19.8. The van der Waals surface area contributed by atoms with Crippen LogP contribution in [0, 0.1) is 0 Å². The number of ether oxygens (including phenoxy) is 5. The predicted molar refractivity (Wildman–Crippen MR) is 113 cm³/mol. The van der Waals surface area contributed by atoms with Crippen LogP contribution in [0.15, 0.2) is 0 Å². The number of hydrogen-bond donors (Lipinski definition) is 13. The van der Waals surface area contributed by atoms with Crippen molar-refractivity contribution in [3.63, 3.8) is 0 Å². The Morgan fingerprint density at radius 2 is 1.16 bits per heavy atom. The topological polar surface area (TPSA) is 309 Å². The first-order valence-corrected chi connectivity index (χ1v) is 11.8. The van der Waals surface area contributed by atoms with Crippen LogP contribution in [0.3, 0.4) is 0 Å². The molecule has 0 aromatic rings. The first-order valence-electron chi connectivity index (χ1n) is 11.8. The molecule has 0 aliphatic carbocycles. The van der Waals surface area contributed by atoms with Crippen LogP contribution in [-0.2, 0) is 23.7 Å². The highest BCUT2D eigenvalue weighted by Crippen LogP contribution is 2.30. The van der Waals surface area contributed by atoms with Gasteiger partial charge in [-0.15, -0.1) is 0 Å². The van der Waals surface area contributed by atoms with Gasteiger partial charge in [-0.2, -0.15) is 0 Å². The van der Waals surface area contributed by atoms with E-state index in [9.17, 15) is 61.3 Å². The van der Waals surface area contributed by atoms with Gasteiger partial charge in [-0.25, -0.2) is 0 Å². The quantitative estimate of drug-likeness (QED) is 0.124. The molecule has 18 nitrogen and oxygen atoms in total. The standard InChI is InChI=1S/C20H36O18/c21-1-4(23)15-10(28)9(27)11(29)19(37-15)34-3-5(24)16-13(31)17(14(32)18(33)36-16)38-20-12(30)8(26)7(25)6(2-22)35-20/h4-33H,1-3H2/t4?,5?,6-,7-,8+,9?,10?,11?,12-,13?,14?,15?,16?,17?,18?,19?,20?/m1/s1. The summed E-state index contributed by atoms with van der Waals surface area (Å²) in [5.74, 6) is 0. The lowest BCUT2D eigenvalue weighted by Gasteiger charge is -2.46. The van der Waals surface area contributed by atoms with Crippen LogP contribution in [-0.4, -0.2) is 191 Å². The molecule has 0 bridgehead atoms. The van der Waals surface area contributed by atoms with Crippen LogP contribution < -0.4 is 0 Å². The van der Waals surface area contributed by atoms with E-state index in [1.54, 1.807) is 0 Å². The molecule has 17 atom stereocenters. The highest BCUT2D eigenvalue weighted by atomic mass is 16.7. The van der Waals surface area contributed by atoms with Gasteiger partial charge >= 0.3 is 0 Å². The van der Waals surface area contributed by atoms with Crippen molar-refractivity contribution in [2.45, 2.75) is 104 Å². The average molecular weight is 564 g/mol. The monoisotopic (exact) mass is 564 g/mol. The summed E-state index contributed by atoms with van der Waals surface area (Å²) in [6.45, 7) is -2.47. The van der Waals surface area contributed by atoms with Crippen molar-refractivity contribution in [2.24, 2.45) is 0 Å². The second-order valence-corrected chi connectivity index (χ2v) is 9.36. The fraction of sp³-hybridized carbons (Fsp3) is 1.00. The summed E-state index contributed by atoms with van der Waals surface area (Å²) in [6.07, 6.45) is -30.6. The molecule has 3 aliphatic heterocycles. The molecule has 0 amide bonds. The van der Waals surface area contributed by atoms with Crippen molar-refractivity contribution in [3.8, 4) is 0 Å². The number of rotatable bonds is 9. The molecule has 3 heterocycles. The Bertz CT molecular complexity index is 730. The molecule has 0 aromatic heterocycles. The lowest BCUT2D eigenvalue weighted by molar-refractivity contribution is -0.362. The molecular formula is C20H36O18. The van der Waals surface area contributed by atoms with E-state index in [-0.39, 0.29) is 0 Å². The Morgan fingerprint density at radius 1 is 0.579 bits per heavy atom. The van der Waals surface area contributed by atoms with E-state index >= 15 is 0 Å². The first-order chi connectivity index (χ1) is 17.8. The van der Waals surface area contributed by atoms with E-state index in [1.165, 1.54) is 0 Å². The molecule has 3 fully saturated rings. The van der Waals surface area contributed by atoms with Crippen molar-refractivity contribution in [1.29, 1.82) is 0 Å². The Kier molecular flexibility index (Phi) is 11.1. The predicted octanol–water partition coefficient (Wildman–Crippen LogP) is -8.85. The maximum Gasteiger partial charge on any atom is 0.187 e. The van der Waals surface area contributed by atoms with Crippen LogP contribution >= 0.6 is 0 Å². The van der Waals surface area contributed by atoms with Gasteiger partial charge in [-0.1, -0.05) is 0 Å². The minimum Gasteiger partial charge on any atom is -0.394 e. The van der Waals surface area contributed by atoms with E-state index in [1.807, 2.05) is 0 Å². The van der Waals surface area contributed by atoms with E-state index < -0.39 is 124 Å². The number of aliphatic hydroxyl groups excluding tert-OH is 13. The van der Waals surface area contributed by atoms with Crippen LogP contribution in [0.4, 0.5) is 0 Å². The molecule has 0 aromatic carbocycles. The Labute approximate surface area is 215 Å². The molecule has 0 saturated carbocycles. The third kappa shape index (κ3) is 6.43. The smallest absolute Gasteiger partial charge is 0.187 e. The molecule has 3 rings (SSSR count). The van der Waals surface area contributed by atoms with Crippen LogP contribution in [0.1, 0.15) is 0 Å². The second-order valence-electron chi connectivity index (χ2n) is 9.36. The summed E-state index contributed by atoms with van der Waals surface area (Å²) >= 11 is 0. The van der Waals surface area contributed by atoms with Gasteiger partial charge in [-0.05, 0) is 0 Å². The number of aliphatic hydroxyl groups is 13. The van der Waals surface area contributed by atoms with Gasteiger partial charge in [0, 0.05) is 0 Å². The molecule has 38 heavy (non-hydrogen) atoms. The molecule has 3 aliphatic rings. The molecule has 224 valence electrons. The summed E-state index contributed by atoms with van der Waals surface area (Å²) in [7, 11) is 0. The lowest BCUT2D eigenvalue weighted by atomic mass is 9.94. The second kappa shape index (κ2) is 13.3. The maximum absolute atomic E-state index is 10.7. The van der Waals surface area contributed by atoms with E-state index in [0.717, 1.165) is 0 Å². The fourth-order valence-corrected chi connectivity index (χ4v) is 4.41. The SMILES string of the molecule is OCC(O)C1OC(OCC(O)C2OC(O)C(O)C(OC3O[C@H](CO)[C@@H](O)[C@H](O)[C@H]3O)C2O)C(O)C(O)C1O. The van der Waals surface area contributed by atoms with E-state index in [0.29, 0.717) is 0 Å². The minimum atomic E-state index is -2.06. The van der Waals surface area contributed by atoms with E-state index in [4.69, 9.17) is 28.8 Å². The van der Waals surface area contributed by atoms with Crippen LogP contribution in [0.25, 0.3) is 0 Å². The van der Waals surface area contributed by atoms with Crippen LogP contribution in [0.2, 0.25) is 0 Å². The normalized spacial score (nSPS) is 50.0. The zero-order chi connectivity index (χ0) is 28.5. The zero-order valence-corrected chi connectivity index (χ0v) is 19.8. The molecule has 18 heteroatoms. The van der Waals surface area contributed by atoms with Crippen molar-refractivity contribution in [1.82, 2.24) is 0 Å². The summed E-state index contributed by atoms with van der Waals surface area (Å²) < 4.78 is 25.9. The molecule has 13 N–H and O–H groups in total.